The molecule has 138 valence electrons. The molecule has 0 saturated heterocycles. The highest BCUT2D eigenvalue weighted by molar-refractivity contribution is 5.94. The lowest BCUT2D eigenvalue weighted by Crippen LogP contribution is -2.40. The molecule has 1 aliphatic heterocycles. The van der Waals surface area contributed by atoms with Crippen molar-refractivity contribution in [1.82, 2.24) is 5.32 Å². The number of hydrogen-bond acceptors (Lipinski definition) is 5. The van der Waals surface area contributed by atoms with Gasteiger partial charge in [-0.3, -0.25) is 4.79 Å². The summed E-state index contributed by atoms with van der Waals surface area (Å²) in [4.78, 5) is 12.3. The third-order valence-corrected chi connectivity index (χ3v) is 3.70. The molecule has 0 aliphatic carbocycles. The molecule has 0 radical (unpaired) electrons. The predicted molar refractivity (Wildman–Crippen MR) is 88.3 cm³/mol. The van der Waals surface area contributed by atoms with Gasteiger partial charge in [-0.05, 0) is 30.3 Å². The van der Waals surface area contributed by atoms with Crippen molar-refractivity contribution < 1.29 is 32.5 Å². The number of nitrogens with one attached hydrogen (secondary N) is 1. The quantitative estimate of drug-likeness (QED) is 0.853. The standard InChI is InChI=1S/C18H17F2NO5/c1-23-13-7-6-11(8-16(13)26-18(19)20)17(22)21-9-12-10-24-14-4-2-3-5-15(14)25-12/h2-8,12,18H,9-10H2,1H3,(H,21,22). The molecule has 0 saturated carbocycles. The van der Waals surface area contributed by atoms with Gasteiger partial charge < -0.3 is 24.3 Å². The summed E-state index contributed by atoms with van der Waals surface area (Å²) in [5, 5.41) is 2.69. The molecule has 0 bridgehead atoms. The Morgan fingerprint density at radius 1 is 1.23 bits per heavy atom. The van der Waals surface area contributed by atoms with Crippen LogP contribution in [-0.4, -0.2) is 38.9 Å². The summed E-state index contributed by atoms with van der Waals surface area (Å²) >= 11 is 0. The molecule has 0 aromatic heterocycles. The van der Waals surface area contributed by atoms with E-state index in [-0.39, 0.29) is 29.7 Å². The van der Waals surface area contributed by atoms with Gasteiger partial charge >= 0.3 is 6.61 Å². The van der Waals surface area contributed by atoms with Crippen LogP contribution in [0.5, 0.6) is 23.0 Å². The van der Waals surface area contributed by atoms with E-state index in [0.717, 1.165) is 0 Å². The van der Waals surface area contributed by atoms with Crippen LogP contribution in [0.3, 0.4) is 0 Å². The Bertz CT molecular complexity index is 784. The maximum absolute atomic E-state index is 12.5. The van der Waals surface area contributed by atoms with Crippen LogP contribution >= 0.6 is 0 Å². The number of halogens is 2. The molecule has 1 N–H and O–H groups in total. The van der Waals surface area contributed by atoms with Crippen LogP contribution in [0.25, 0.3) is 0 Å². The molecule has 6 nitrogen and oxygen atoms in total. The molecule has 1 atom stereocenters. The van der Waals surface area contributed by atoms with Gasteiger partial charge in [-0.2, -0.15) is 8.78 Å². The molecule has 26 heavy (non-hydrogen) atoms. The van der Waals surface area contributed by atoms with E-state index >= 15 is 0 Å². The van der Waals surface area contributed by atoms with Crippen molar-refractivity contribution in [2.45, 2.75) is 12.7 Å². The van der Waals surface area contributed by atoms with Crippen molar-refractivity contribution in [3.8, 4) is 23.0 Å². The second-order valence-electron chi connectivity index (χ2n) is 5.45. The van der Waals surface area contributed by atoms with Crippen LogP contribution in [0.1, 0.15) is 10.4 Å². The summed E-state index contributed by atoms with van der Waals surface area (Å²) < 4.78 is 45.6. The fourth-order valence-corrected chi connectivity index (χ4v) is 2.48. The molecule has 2 aromatic carbocycles. The maximum Gasteiger partial charge on any atom is 0.387 e. The molecular formula is C18H17F2NO5. The fourth-order valence-electron chi connectivity index (χ4n) is 2.48. The number of benzene rings is 2. The fraction of sp³-hybridized carbons (Fsp3) is 0.278. The summed E-state index contributed by atoms with van der Waals surface area (Å²) in [6.45, 7) is -2.53. The molecule has 2 aromatic rings. The zero-order chi connectivity index (χ0) is 18.5. The van der Waals surface area contributed by atoms with Gasteiger partial charge in [0.05, 0.1) is 13.7 Å². The summed E-state index contributed by atoms with van der Waals surface area (Å²) in [6.07, 6.45) is -0.358. The number of ether oxygens (including phenoxy) is 4. The lowest BCUT2D eigenvalue weighted by molar-refractivity contribution is -0.0512. The van der Waals surface area contributed by atoms with Crippen LogP contribution in [0.15, 0.2) is 42.5 Å². The van der Waals surface area contributed by atoms with E-state index in [2.05, 4.69) is 10.1 Å². The Balaban J connectivity index is 1.62. The van der Waals surface area contributed by atoms with E-state index < -0.39 is 12.5 Å². The Morgan fingerprint density at radius 2 is 2.00 bits per heavy atom. The average Bonchev–Trinajstić information content (AvgIpc) is 2.65. The SMILES string of the molecule is COc1ccc(C(=O)NCC2COc3ccccc3O2)cc1OC(F)F. The molecule has 1 aliphatic rings. The first-order chi connectivity index (χ1) is 12.6. The van der Waals surface area contributed by atoms with Gasteiger partial charge in [0.15, 0.2) is 23.0 Å². The van der Waals surface area contributed by atoms with Gasteiger partial charge in [-0.1, -0.05) is 12.1 Å². The van der Waals surface area contributed by atoms with Crippen molar-refractivity contribution in [1.29, 1.82) is 0 Å². The molecule has 1 amide bonds. The number of alkyl halides is 2. The first kappa shape index (κ1) is 17.8. The van der Waals surface area contributed by atoms with Gasteiger partial charge in [0.2, 0.25) is 0 Å². The number of carbonyl (C=O) groups is 1. The Labute approximate surface area is 148 Å². The molecule has 1 unspecified atom stereocenters. The monoisotopic (exact) mass is 365 g/mol. The topological polar surface area (TPSA) is 66.0 Å². The Kier molecular flexibility index (Phi) is 5.40. The summed E-state index contributed by atoms with van der Waals surface area (Å²) in [5.41, 5.74) is 0.165. The normalized spacial score (nSPS) is 15.5. The first-order valence-electron chi connectivity index (χ1n) is 7.86. The average molecular weight is 365 g/mol. The second-order valence-corrected chi connectivity index (χ2v) is 5.45. The molecule has 0 fully saturated rings. The van der Waals surface area contributed by atoms with Gasteiger partial charge in [-0.15, -0.1) is 0 Å². The van der Waals surface area contributed by atoms with Crippen LogP contribution in [0, 0.1) is 0 Å². The van der Waals surface area contributed by atoms with E-state index in [1.807, 2.05) is 12.1 Å². The maximum atomic E-state index is 12.5. The molecule has 1 heterocycles. The second kappa shape index (κ2) is 7.90. The number of carbonyl (C=O) groups excluding carboxylic acids is 1. The highest BCUT2D eigenvalue weighted by Crippen LogP contribution is 2.31. The van der Waals surface area contributed by atoms with Crippen LogP contribution < -0.4 is 24.3 Å². The zero-order valence-corrected chi connectivity index (χ0v) is 13.9. The molecule has 8 heteroatoms. The van der Waals surface area contributed by atoms with Gasteiger partial charge in [0.25, 0.3) is 5.91 Å². The third kappa shape index (κ3) is 4.14. The Morgan fingerprint density at radius 3 is 2.73 bits per heavy atom. The number of methoxy groups -OCH3 is 1. The van der Waals surface area contributed by atoms with E-state index in [4.69, 9.17) is 14.2 Å². The number of fused-ring (bicyclic) bond motifs is 1. The van der Waals surface area contributed by atoms with Crippen LogP contribution in [-0.2, 0) is 0 Å². The summed E-state index contributed by atoms with van der Waals surface area (Å²) in [7, 11) is 1.33. The predicted octanol–water partition coefficient (Wildman–Crippen LogP) is 2.87. The van der Waals surface area contributed by atoms with Crippen LogP contribution in [0.2, 0.25) is 0 Å². The van der Waals surface area contributed by atoms with Crippen molar-refractivity contribution in [3.63, 3.8) is 0 Å². The minimum atomic E-state index is -3.02. The van der Waals surface area contributed by atoms with Gasteiger partial charge in [0, 0.05) is 5.56 Å². The van der Waals surface area contributed by atoms with Crippen molar-refractivity contribution in [2.75, 3.05) is 20.3 Å². The molecule has 0 spiro atoms. The van der Waals surface area contributed by atoms with E-state index in [1.165, 1.54) is 25.3 Å². The van der Waals surface area contributed by atoms with Crippen molar-refractivity contribution >= 4 is 5.91 Å². The largest absolute Gasteiger partial charge is 0.493 e. The first-order valence-corrected chi connectivity index (χ1v) is 7.86. The molecule has 3 rings (SSSR count). The van der Waals surface area contributed by atoms with Gasteiger partial charge in [-0.25, -0.2) is 0 Å². The summed E-state index contributed by atoms with van der Waals surface area (Å²) in [5.74, 6) is 0.715. The highest BCUT2D eigenvalue weighted by Gasteiger charge is 2.22. The number of amides is 1. The van der Waals surface area contributed by atoms with E-state index in [1.54, 1.807) is 12.1 Å². The minimum absolute atomic E-state index is 0.113. The number of para-hydroxylation sites is 2. The van der Waals surface area contributed by atoms with Crippen LogP contribution in [0.4, 0.5) is 8.78 Å². The number of hydrogen-bond donors (Lipinski definition) is 1. The van der Waals surface area contributed by atoms with Gasteiger partial charge in [0.1, 0.15) is 12.7 Å². The lowest BCUT2D eigenvalue weighted by atomic mass is 10.2. The lowest BCUT2D eigenvalue weighted by Gasteiger charge is -2.26. The summed E-state index contributed by atoms with van der Waals surface area (Å²) in [6, 6.07) is 11.3. The van der Waals surface area contributed by atoms with Crippen molar-refractivity contribution in [2.24, 2.45) is 0 Å². The third-order valence-electron chi connectivity index (χ3n) is 3.70. The minimum Gasteiger partial charge on any atom is -0.493 e. The zero-order valence-electron chi connectivity index (χ0n) is 13.9. The van der Waals surface area contributed by atoms with E-state index in [9.17, 15) is 13.6 Å². The smallest absolute Gasteiger partial charge is 0.387 e. The van der Waals surface area contributed by atoms with Crippen molar-refractivity contribution in [3.05, 3.63) is 48.0 Å². The molecular weight excluding hydrogens is 348 g/mol. The van der Waals surface area contributed by atoms with E-state index in [0.29, 0.717) is 18.1 Å². The Hall–Kier alpha value is -3.03. The number of rotatable bonds is 6. The highest BCUT2D eigenvalue weighted by atomic mass is 19.3.